The van der Waals surface area contributed by atoms with Gasteiger partial charge in [0.15, 0.2) is 5.76 Å². The molecule has 0 aliphatic carbocycles. The Kier molecular flexibility index (Phi) is 4.21. The molecule has 6 aromatic rings. The lowest BCUT2D eigenvalue weighted by Gasteiger charge is -2.22. The molecule has 0 aliphatic heterocycles. The maximum Gasteiger partial charge on any atom is 0.154 e. The molecule has 0 atom stereocenters. The van der Waals surface area contributed by atoms with Crippen LogP contribution in [-0.2, 0) is 5.41 Å². The second-order valence-electron chi connectivity index (χ2n) is 9.17. The van der Waals surface area contributed by atoms with Gasteiger partial charge in [0.2, 0.25) is 0 Å². The molecule has 32 heavy (non-hydrogen) atoms. The average Bonchev–Trinajstić information content (AvgIpc) is 3.44. The first-order valence-electron chi connectivity index (χ1n) is 10.7. The minimum Gasteiger partial charge on any atom is -0.454 e. The number of benzene rings is 2. The van der Waals surface area contributed by atoms with Crippen molar-refractivity contribution in [1.82, 2.24) is 9.97 Å². The van der Waals surface area contributed by atoms with E-state index in [-0.39, 0.29) is 5.41 Å². The second-order valence-corrected chi connectivity index (χ2v) is 10.1. The van der Waals surface area contributed by atoms with Gasteiger partial charge in [0, 0.05) is 33.4 Å². The zero-order chi connectivity index (χ0) is 21.9. The van der Waals surface area contributed by atoms with Crippen LogP contribution >= 0.6 is 11.3 Å². The van der Waals surface area contributed by atoms with E-state index < -0.39 is 0 Å². The molecular weight excluding hydrogens is 412 g/mol. The van der Waals surface area contributed by atoms with Crippen LogP contribution in [0.3, 0.4) is 0 Å². The van der Waals surface area contributed by atoms with Gasteiger partial charge in [-0.1, -0.05) is 45.0 Å². The Balaban J connectivity index is 1.60. The molecule has 4 aromatic heterocycles. The normalized spacial score (nSPS) is 12.2. The van der Waals surface area contributed by atoms with Crippen LogP contribution in [0.15, 0.2) is 82.9 Å². The summed E-state index contributed by atoms with van der Waals surface area (Å²) >= 11 is 1.71. The first-order chi connectivity index (χ1) is 15.5. The third-order valence-corrected chi connectivity index (χ3v) is 6.88. The van der Waals surface area contributed by atoms with Crippen LogP contribution in [0, 0.1) is 0 Å². The molecule has 0 spiro atoms. The molecule has 4 heterocycles. The van der Waals surface area contributed by atoms with Gasteiger partial charge in [-0.05, 0) is 63.5 Å². The monoisotopic (exact) mass is 434 g/mol. The lowest BCUT2D eigenvalue weighted by atomic mass is 9.82. The Labute approximate surface area is 190 Å². The fourth-order valence-corrected chi connectivity index (χ4v) is 5.25. The SMILES string of the molecule is CC(C)(C)c1cc(-c2nccc3oc(-c4nccc5sccc45)cc23)cc2ccccc12. The van der Waals surface area contributed by atoms with Crippen LogP contribution in [0.25, 0.3) is 54.5 Å². The highest BCUT2D eigenvalue weighted by molar-refractivity contribution is 7.17. The van der Waals surface area contributed by atoms with Crippen molar-refractivity contribution in [3.63, 3.8) is 0 Å². The minimum absolute atomic E-state index is 0.0174. The summed E-state index contributed by atoms with van der Waals surface area (Å²) in [6.45, 7) is 6.78. The smallest absolute Gasteiger partial charge is 0.154 e. The van der Waals surface area contributed by atoms with Crippen molar-refractivity contribution in [2.24, 2.45) is 0 Å². The number of fused-ring (bicyclic) bond motifs is 3. The van der Waals surface area contributed by atoms with E-state index in [2.05, 4.69) is 79.7 Å². The van der Waals surface area contributed by atoms with Crippen molar-refractivity contribution >= 4 is 43.2 Å². The third kappa shape index (κ3) is 3.02. The van der Waals surface area contributed by atoms with E-state index in [1.54, 1.807) is 11.3 Å². The van der Waals surface area contributed by atoms with E-state index in [1.807, 2.05) is 24.5 Å². The molecule has 6 rings (SSSR count). The number of aromatic nitrogens is 2. The quantitative estimate of drug-likeness (QED) is 0.275. The predicted molar refractivity (Wildman–Crippen MR) is 134 cm³/mol. The Bertz CT molecular complexity index is 1620. The molecule has 3 nitrogen and oxygen atoms in total. The van der Waals surface area contributed by atoms with E-state index in [0.29, 0.717) is 0 Å². The van der Waals surface area contributed by atoms with Crippen molar-refractivity contribution in [1.29, 1.82) is 0 Å². The van der Waals surface area contributed by atoms with E-state index in [0.717, 1.165) is 39.1 Å². The largest absolute Gasteiger partial charge is 0.454 e. The maximum atomic E-state index is 6.28. The Morgan fingerprint density at radius 1 is 0.781 bits per heavy atom. The Morgan fingerprint density at radius 3 is 2.47 bits per heavy atom. The average molecular weight is 435 g/mol. The van der Waals surface area contributed by atoms with Gasteiger partial charge in [0.25, 0.3) is 0 Å². The van der Waals surface area contributed by atoms with Gasteiger partial charge in [-0.25, -0.2) is 0 Å². The number of rotatable bonds is 2. The summed E-state index contributed by atoms with van der Waals surface area (Å²) in [4.78, 5) is 9.41. The molecule has 0 unspecified atom stereocenters. The van der Waals surface area contributed by atoms with Crippen molar-refractivity contribution < 1.29 is 4.42 Å². The minimum atomic E-state index is 0.0174. The Hall–Kier alpha value is -3.50. The van der Waals surface area contributed by atoms with Crippen molar-refractivity contribution in [2.45, 2.75) is 26.2 Å². The van der Waals surface area contributed by atoms with Crippen LogP contribution in [0.2, 0.25) is 0 Å². The lowest BCUT2D eigenvalue weighted by Crippen LogP contribution is -2.12. The van der Waals surface area contributed by atoms with Crippen LogP contribution in [0.1, 0.15) is 26.3 Å². The summed E-state index contributed by atoms with van der Waals surface area (Å²) in [5.74, 6) is 0.773. The van der Waals surface area contributed by atoms with Gasteiger partial charge in [0.1, 0.15) is 11.3 Å². The van der Waals surface area contributed by atoms with Crippen molar-refractivity contribution in [3.05, 3.63) is 84.0 Å². The van der Waals surface area contributed by atoms with Gasteiger partial charge in [-0.2, -0.15) is 0 Å². The zero-order valence-corrected chi connectivity index (χ0v) is 19.0. The van der Waals surface area contributed by atoms with Gasteiger partial charge in [0.05, 0.1) is 5.69 Å². The summed E-state index contributed by atoms with van der Waals surface area (Å²) < 4.78 is 7.49. The molecule has 4 heteroatoms. The summed E-state index contributed by atoms with van der Waals surface area (Å²) in [6.07, 6.45) is 3.68. The summed E-state index contributed by atoms with van der Waals surface area (Å²) in [7, 11) is 0. The number of hydrogen-bond acceptors (Lipinski definition) is 4. The third-order valence-electron chi connectivity index (χ3n) is 6.00. The topological polar surface area (TPSA) is 38.9 Å². The standard InChI is InChI=1S/C28H22N2OS/c1-28(2,3)22-15-18(14-17-6-4-5-7-19(17)22)26-21-16-24(31-23(21)8-11-29-26)27-20-10-13-32-25(20)9-12-30-27/h4-16H,1-3H3. The van der Waals surface area contributed by atoms with E-state index in [4.69, 9.17) is 9.40 Å². The van der Waals surface area contributed by atoms with Crippen LogP contribution in [0.5, 0.6) is 0 Å². The molecular formula is C28H22N2OS. The van der Waals surface area contributed by atoms with E-state index in [1.165, 1.54) is 21.0 Å². The van der Waals surface area contributed by atoms with Crippen LogP contribution < -0.4 is 0 Å². The molecule has 0 aliphatic rings. The molecule has 0 amide bonds. The molecule has 0 N–H and O–H groups in total. The highest BCUT2D eigenvalue weighted by atomic mass is 32.1. The molecule has 0 saturated carbocycles. The van der Waals surface area contributed by atoms with Gasteiger partial charge in [-0.3, -0.25) is 9.97 Å². The summed E-state index contributed by atoms with van der Waals surface area (Å²) in [5, 5.41) is 6.73. The van der Waals surface area contributed by atoms with Crippen LogP contribution in [0.4, 0.5) is 0 Å². The van der Waals surface area contributed by atoms with Gasteiger partial charge in [-0.15, -0.1) is 11.3 Å². The fraction of sp³-hybridized carbons (Fsp3) is 0.143. The first kappa shape index (κ1) is 19.2. The van der Waals surface area contributed by atoms with E-state index in [9.17, 15) is 0 Å². The van der Waals surface area contributed by atoms with Gasteiger partial charge >= 0.3 is 0 Å². The molecule has 0 radical (unpaired) electrons. The molecule has 2 aromatic carbocycles. The number of thiophene rings is 1. The van der Waals surface area contributed by atoms with Crippen molar-refractivity contribution in [2.75, 3.05) is 0 Å². The fourth-order valence-electron chi connectivity index (χ4n) is 4.47. The summed E-state index contributed by atoms with van der Waals surface area (Å²) in [6, 6.07) is 21.3. The highest BCUT2D eigenvalue weighted by Crippen LogP contribution is 2.39. The zero-order valence-electron chi connectivity index (χ0n) is 18.2. The molecule has 156 valence electrons. The number of furan rings is 1. The Morgan fingerprint density at radius 2 is 1.59 bits per heavy atom. The highest BCUT2D eigenvalue weighted by Gasteiger charge is 2.20. The number of pyridine rings is 2. The summed E-state index contributed by atoms with van der Waals surface area (Å²) in [5.41, 5.74) is 5.07. The van der Waals surface area contributed by atoms with E-state index >= 15 is 0 Å². The molecule has 0 bridgehead atoms. The number of nitrogens with zero attached hydrogens (tertiary/aromatic N) is 2. The number of hydrogen-bond donors (Lipinski definition) is 0. The van der Waals surface area contributed by atoms with Crippen molar-refractivity contribution in [3.8, 4) is 22.7 Å². The van der Waals surface area contributed by atoms with Crippen LogP contribution in [-0.4, -0.2) is 9.97 Å². The molecule has 0 saturated heterocycles. The predicted octanol–water partition coefficient (Wildman–Crippen LogP) is 8.22. The lowest BCUT2D eigenvalue weighted by molar-refractivity contribution is 0.596. The second kappa shape index (κ2) is 7.01. The first-order valence-corrected chi connectivity index (χ1v) is 11.6. The maximum absolute atomic E-state index is 6.28. The van der Waals surface area contributed by atoms with Gasteiger partial charge < -0.3 is 4.42 Å². The molecule has 0 fully saturated rings.